The van der Waals surface area contributed by atoms with Crippen molar-refractivity contribution in [2.75, 3.05) is 39.8 Å². The smallest absolute Gasteiger partial charge is 0.0475 e. The molecule has 2 aromatic rings. The Balaban J connectivity index is 1.31. The lowest BCUT2D eigenvalue weighted by molar-refractivity contribution is 0.0886. The Morgan fingerprint density at radius 3 is 2.75 bits per heavy atom. The fourth-order valence-electron chi connectivity index (χ4n) is 4.84. The molecule has 0 bridgehead atoms. The molecule has 1 aliphatic heterocycles. The normalized spacial score (nSPS) is 23.1. The Morgan fingerprint density at radius 2 is 1.93 bits per heavy atom. The Kier molecular flexibility index (Phi) is 6.52. The fourth-order valence-corrected chi connectivity index (χ4v) is 5.21. The van der Waals surface area contributed by atoms with Crippen LogP contribution in [0.2, 0.25) is 0 Å². The molecule has 2 unspecified atom stereocenters. The van der Waals surface area contributed by atoms with Crippen LogP contribution in [0.3, 0.4) is 0 Å². The molecule has 0 spiro atoms. The molecule has 1 fully saturated rings. The number of nitrogens with zero attached hydrogens (tertiary/aromatic N) is 2. The summed E-state index contributed by atoms with van der Waals surface area (Å²) in [6, 6.07) is 16.6. The average molecular weight is 442 g/mol. The number of hydrogen-bond donors (Lipinski definition) is 1. The Bertz CT molecular complexity index is 792. The highest BCUT2D eigenvalue weighted by atomic mass is 79.9. The van der Waals surface area contributed by atoms with Crippen molar-refractivity contribution in [1.82, 2.24) is 15.1 Å². The van der Waals surface area contributed by atoms with E-state index in [-0.39, 0.29) is 0 Å². The topological polar surface area (TPSA) is 18.5 Å². The summed E-state index contributed by atoms with van der Waals surface area (Å²) in [5.74, 6) is 0. The van der Waals surface area contributed by atoms with Gasteiger partial charge in [-0.05, 0) is 68.1 Å². The van der Waals surface area contributed by atoms with Gasteiger partial charge in [0.05, 0.1) is 0 Å². The lowest BCUT2D eigenvalue weighted by Gasteiger charge is -2.40. The number of rotatable bonds is 6. The minimum atomic E-state index is 0.521. The standard InChI is InChI=1S/C24H32BrN3/c1-18-20-10-12-23(21(20)9-11-22(18)25)26-13-6-14-28-16-15-27(2)17-24(28)19-7-4-3-5-8-19/h3-5,7-9,11,23-24,26H,6,10,12-17H2,1-2H3. The van der Waals surface area contributed by atoms with Gasteiger partial charge in [-0.2, -0.15) is 0 Å². The van der Waals surface area contributed by atoms with Crippen molar-refractivity contribution in [3.8, 4) is 0 Å². The van der Waals surface area contributed by atoms with Gasteiger partial charge < -0.3 is 10.2 Å². The van der Waals surface area contributed by atoms with Gasteiger partial charge in [0, 0.05) is 42.7 Å². The molecule has 28 heavy (non-hydrogen) atoms. The van der Waals surface area contributed by atoms with Crippen LogP contribution < -0.4 is 5.32 Å². The second-order valence-corrected chi connectivity index (χ2v) is 9.22. The second-order valence-electron chi connectivity index (χ2n) is 8.36. The van der Waals surface area contributed by atoms with E-state index in [9.17, 15) is 0 Å². The van der Waals surface area contributed by atoms with E-state index in [0.717, 1.165) is 19.6 Å². The summed E-state index contributed by atoms with van der Waals surface area (Å²) in [5.41, 5.74) is 5.94. The minimum Gasteiger partial charge on any atom is -0.310 e. The van der Waals surface area contributed by atoms with Crippen LogP contribution in [0.4, 0.5) is 0 Å². The first-order valence-corrected chi connectivity index (χ1v) is 11.4. The van der Waals surface area contributed by atoms with E-state index >= 15 is 0 Å². The first-order valence-electron chi connectivity index (χ1n) is 10.6. The van der Waals surface area contributed by atoms with Gasteiger partial charge in [-0.15, -0.1) is 0 Å². The summed E-state index contributed by atoms with van der Waals surface area (Å²) in [6.45, 7) is 7.95. The van der Waals surface area contributed by atoms with Gasteiger partial charge in [0.15, 0.2) is 0 Å². The third-order valence-corrected chi connectivity index (χ3v) is 7.38. The third kappa shape index (κ3) is 4.35. The van der Waals surface area contributed by atoms with Crippen molar-refractivity contribution in [2.45, 2.75) is 38.3 Å². The Morgan fingerprint density at radius 1 is 1.11 bits per heavy atom. The van der Waals surface area contributed by atoms with E-state index in [1.54, 1.807) is 5.56 Å². The van der Waals surface area contributed by atoms with Crippen LogP contribution in [0.15, 0.2) is 46.9 Å². The molecule has 0 radical (unpaired) electrons. The molecule has 2 atom stereocenters. The summed E-state index contributed by atoms with van der Waals surface area (Å²) in [5, 5.41) is 3.84. The van der Waals surface area contributed by atoms with Crippen LogP contribution in [0.25, 0.3) is 0 Å². The predicted octanol–water partition coefficient (Wildman–Crippen LogP) is 4.71. The molecule has 0 saturated carbocycles. The summed E-state index contributed by atoms with van der Waals surface area (Å²) < 4.78 is 1.24. The van der Waals surface area contributed by atoms with Crippen LogP contribution in [-0.2, 0) is 6.42 Å². The van der Waals surface area contributed by atoms with Gasteiger partial charge in [-0.25, -0.2) is 0 Å². The lowest BCUT2D eigenvalue weighted by Crippen LogP contribution is -2.47. The van der Waals surface area contributed by atoms with E-state index in [1.807, 2.05) is 0 Å². The molecule has 1 heterocycles. The first-order chi connectivity index (χ1) is 13.6. The summed E-state index contributed by atoms with van der Waals surface area (Å²) >= 11 is 3.68. The highest BCUT2D eigenvalue weighted by Gasteiger charge is 2.27. The zero-order valence-electron chi connectivity index (χ0n) is 17.1. The van der Waals surface area contributed by atoms with Gasteiger partial charge >= 0.3 is 0 Å². The molecule has 0 aromatic heterocycles. The zero-order chi connectivity index (χ0) is 19.5. The van der Waals surface area contributed by atoms with Crippen molar-refractivity contribution >= 4 is 15.9 Å². The zero-order valence-corrected chi connectivity index (χ0v) is 18.7. The van der Waals surface area contributed by atoms with Crippen molar-refractivity contribution in [1.29, 1.82) is 0 Å². The van der Waals surface area contributed by atoms with Gasteiger partial charge in [-0.1, -0.05) is 52.3 Å². The molecule has 1 saturated heterocycles. The largest absolute Gasteiger partial charge is 0.310 e. The average Bonchev–Trinajstić information content (AvgIpc) is 3.13. The number of benzene rings is 2. The fraction of sp³-hybridized carbons (Fsp3) is 0.500. The van der Waals surface area contributed by atoms with Crippen molar-refractivity contribution in [3.63, 3.8) is 0 Å². The van der Waals surface area contributed by atoms with E-state index < -0.39 is 0 Å². The van der Waals surface area contributed by atoms with E-state index in [2.05, 4.69) is 87.5 Å². The molecule has 3 nitrogen and oxygen atoms in total. The van der Waals surface area contributed by atoms with Gasteiger partial charge in [0.25, 0.3) is 0 Å². The molecule has 2 aliphatic rings. The number of likely N-dealkylation sites (N-methyl/N-ethyl adjacent to an activating group) is 1. The lowest BCUT2D eigenvalue weighted by atomic mass is 10.0. The number of halogens is 1. The molecule has 4 rings (SSSR count). The maximum atomic E-state index is 3.84. The SMILES string of the molecule is Cc1c(Br)ccc2c1CCC2NCCCN1CCN(C)CC1c1ccccc1. The molecule has 0 amide bonds. The number of fused-ring (bicyclic) bond motifs is 1. The number of hydrogen-bond acceptors (Lipinski definition) is 3. The van der Waals surface area contributed by atoms with E-state index in [0.29, 0.717) is 12.1 Å². The maximum absolute atomic E-state index is 3.84. The highest BCUT2D eigenvalue weighted by molar-refractivity contribution is 9.10. The Labute approximate surface area is 178 Å². The number of piperazine rings is 1. The van der Waals surface area contributed by atoms with Crippen LogP contribution in [0.5, 0.6) is 0 Å². The molecule has 4 heteroatoms. The van der Waals surface area contributed by atoms with Gasteiger partial charge in [-0.3, -0.25) is 4.90 Å². The van der Waals surface area contributed by atoms with Gasteiger partial charge in [0.1, 0.15) is 0 Å². The molecular formula is C24H32BrN3. The van der Waals surface area contributed by atoms with Crippen LogP contribution in [0.1, 0.15) is 47.2 Å². The molecule has 1 aliphatic carbocycles. The van der Waals surface area contributed by atoms with Crippen molar-refractivity contribution < 1.29 is 0 Å². The summed E-state index contributed by atoms with van der Waals surface area (Å²) in [7, 11) is 2.24. The molecular weight excluding hydrogens is 410 g/mol. The predicted molar refractivity (Wildman–Crippen MR) is 121 cm³/mol. The molecule has 150 valence electrons. The highest BCUT2D eigenvalue weighted by Crippen LogP contribution is 2.36. The van der Waals surface area contributed by atoms with Crippen LogP contribution >= 0.6 is 15.9 Å². The summed E-state index contributed by atoms with van der Waals surface area (Å²) in [4.78, 5) is 5.14. The minimum absolute atomic E-state index is 0.521. The summed E-state index contributed by atoms with van der Waals surface area (Å²) in [6.07, 6.45) is 3.63. The van der Waals surface area contributed by atoms with Crippen molar-refractivity contribution in [2.24, 2.45) is 0 Å². The van der Waals surface area contributed by atoms with Crippen LogP contribution in [-0.4, -0.2) is 49.6 Å². The van der Waals surface area contributed by atoms with E-state index in [4.69, 9.17) is 0 Å². The first kappa shape index (κ1) is 20.1. The quantitative estimate of drug-likeness (QED) is 0.654. The van der Waals surface area contributed by atoms with Gasteiger partial charge in [0.2, 0.25) is 0 Å². The third-order valence-electron chi connectivity index (χ3n) is 6.52. The van der Waals surface area contributed by atoms with E-state index in [1.165, 1.54) is 53.5 Å². The maximum Gasteiger partial charge on any atom is 0.0475 e. The molecule has 2 aromatic carbocycles. The van der Waals surface area contributed by atoms with Crippen LogP contribution in [0, 0.1) is 6.92 Å². The monoisotopic (exact) mass is 441 g/mol. The Hall–Kier alpha value is -1.20. The van der Waals surface area contributed by atoms with Crippen molar-refractivity contribution in [3.05, 3.63) is 69.2 Å². The molecule has 1 N–H and O–H groups in total. The second kappa shape index (κ2) is 9.08. The number of nitrogens with one attached hydrogen (secondary N) is 1.